The van der Waals surface area contributed by atoms with E-state index in [0.717, 1.165) is 68.0 Å². The van der Waals surface area contributed by atoms with Crippen LogP contribution in [0.15, 0.2) is 49.2 Å². The first-order valence-corrected chi connectivity index (χ1v) is 13.4. The predicted octanol–water partition coefficient (Wildman–Crippen LogP) is 4.01. The molecule has 4 saturated carbocycles. The van der Waals surface area contributed by atoms with Gasteiger partial charge in [0.1, 0.15) is 17.0 Å². The lowest BCUT2D eigenvalue weighted by Crippen LogP contribution is -2.67. The van der Waals surface area contributed by atoms with Crippen LogP contribution in [-0.4, -0.2) is 54.7 Å². The van der Waals surface area contributed by atoms with Crippen molar-refractivity contribution < 1.29 is 4.39 Å². The van der Waals surface area contributed by atoms with Crippen LogP contribution >= 0.6 is 0 Å². The molecule has 4 aromatic rings. The molecule has 0 amide bonds. The number of hydrogen-bond donors (Lipinski definition) is 1. The van der Waals surface area contributed by atoms with E-state index in [2.05, 4.69) is 54.4 Å². The molecule has 1 saturated heterocycles. The topological polar surface area (TPSA) is 76.2 Å². The van der Waals surface area contributed by atoms with E-state index in [1.165, 1.54) is 30.5 Å². The van der Waals surface area contributed by atoms with Gasteiger partial charge < -0.3 is 14.6 Å². The molecule has 5 fully saturated rings. The fourth-order valence-electron chi connectivity index (χ4n) is 6.95. The van der Waals surface area contributed by atoms with Gasteiger partial charge in [-0.05, 0) is 67.1 Å². The normalized spacial score (nSPS) is 27.0. The molecular weight excluding hydrogens is 467 g/mol. The number of alkyl halides is 1. The number of fused-ring (bicyclic) bond motifs is 1. The number of aromatic nitrogens is 6. The van der Waals surface area contributed by atoms with Crippen LogP contribution in [0.4, 0.5) is 10.1 Å². The summed E-state index contributed by atoms with van der Waals surface area (Å²) in [7, 11) is 0. The Hall–Kier alpha value is -3.33. The lowest BCUT2D eigenvalue weighted by Gasteiger charge is -2.66. The average Bonchev–Trinajstić information content (AvgIpc) is 3.17. The second-order valence-electron chi connectivity index (χ2n) is 12.2. The molecule has 1 N–H and O–H groups in total. The Labute approximate surface area is 214 Å². The lowest BCUT2D eigenvalue weighted by atomic mass is 9.42. The van der Waals surface area contributed by atoms with E-state index >= 15 is 0 Å². The highest BCUT2D eigenvalue weighted by Gasteiger charge is 2.68. The van der Waals surface area contributed by atoms with Gasteiger partial charge in [-0.3, -0.25) is 4.98 Å². The SMILES string of the molecule is FC12CC(CNCc3ccc4nc(Cn5cc(-c6cncc(N7CCC8(CC8)C7)c6)nn5)cn4c3)(C1)C2. The van der Waals surface area contributed by atoms with Crippen molar-refractivity contribution in [1.29, 1.82) is 0 Å². The number of pyridine rings is 2. The second kappa shape index (κ2) is 7.60. The van der Waals surface area contributed by atoms with E-state index in [4.69, 9.17) is 4.98 Å². The maximum Gasteiger partial charge on any atom is 0.137 e. The van der Waals surface area contributed by atoms with E-state index in [1.54, 1.807) is 0 Å². The molecule has 5 aliphatic rings. The number of halogens is 1. The highest BCUT2D eigenvalue weighted by atomic mass is 19.1. The van der Waals surface area contributed by atoms with Crippen LogP contribution in [0.1, 0.15) is 49.8 Å². The quantitative estimate of drug-likeness (QED) is 0.396. The highest BCUT2D eigenvalue weighted by Crippen LogP contribution is 2.69. The van der Waals surface area contributed by atoms with E-state index in [0.29, 0.717) is 12.0 Å². The fourth-order valence-corrected chi connectivity index (χ4v) is 6.95. The minimum absolute atomic E-state index is 0.225. The summed E-state index contributed by atoms with van der Waals surface area (Å²) in [5, 5.41) is 12.3. The van der Waals surface area contributed by atoms with Gasteiger partial charge >= 0.3 is 0 Å². The van der Waals surface area contributed by atoms with Gasteiger partial charge in [-0.2, -0.15) is 0 Å². The average molecular weight is 499 g/mol. The van der Waals surface area contributed by atoms with Crippen molar-refractivity contribution in [3.8, 4) is 11.3 Å². The van der Waals surface area contributed by atoms with E-state index in [9.17, 15) is 4.39 Å². The largest absolute Gasteiger partial charge is 0.370 e. The Bertz CT molecular complexity index is 1480. The molecule has 1 spiro atoms. The summed E-state index contributed by atoms with van der Waals surface area (Å²) in [6.45, 7) is 4.50. The van der Waals surface area contributed by atoms with E-state index < -0.39 is 5.67 Å². The third-order valence-corrected chi connectivity index (χ3v) is 9.11. The second-order valence-corrected chi connectivity index (χ2v) is 12.2. The molecule has 2 bridgehead atoms. The molecule has 8 nitrogen and oxygen atoms in total. The Morgan fingerprint density at radius 2 is 1.92 bits per heavy atom. The fraction of sp³-hybridized carbons (Fsp3) is 0.500. The Morgan fingerprint density at radius 3 is 2.73 bits per heavy atom. The predicted molar refractivity (Wildman–Crippen MR) is 138 cm³/mol. The molecule has 9 rings (SSSR count). The van der Waals surface area contributed by atoms with Crippen molar-refractivity contribution in [2.45, 2.75) is 57.3 Å². The molecule has 0 unspecified atom stereocenters. The summed E-state index contributed by atoms with van der Waals surface area (Å²) in [6, 6.07) is 6.34. The Balaban J connectivity index is 0.927. The number of nitrogens with zero attached hydrogens (tertiary/aromatic N) is 7. The summed E-state index contributed by atoms with van der Waals surface area (Å²) < 4.78 is 17.6. The zero-order valence-corrected chi connectivity index (χ0v) is 20.9. The molecule has 1 aliphatic heterocycles. The van der Waals surface area contributed by atoms with Crippen molar-refractivity contribution in [1.82, 2.24) is 34.7 Å². The first-order chi connectivity index (χ1) is 18.0. The molecule has 9 heteroatoms. The van der Waals surface area contributed by atoms with Crippen LogP contribution in [0.3, 0.4) is 0 Å². The molecule has 4 aliphatic carbocycles. The van der Waals surface area contributed by atoms with E-state index in [-0.39, 0.29) is 5.41 Å². The Morgan fingerprint density at radius 1 is 1.03 bits per heavy atom. The molecule has 0 atom stereocenters. The molecule has 0 radical (unpaired) electrons. The molecule has 5 heterocycles. The summed E-state index contributed by atoms with van der Waals surface area (Å²) in [4.78, 5) is 11.7. The van der Waals surface area contributed by atoms with Crippen LogP contribution in [0.25, 0.3) is 16.9 Å². The number of hydrogen-bond acceptors (Lipinski definition) is 6. The molecule has 190 valence electrons. The number of anilines is 1. The molecule has 37 heavy (non-hydrogen) atoms. The van der Waals surface area contributed by atoms with Crippen molar-refractivity contribution in [2.75, 3.05) is 24.5 Å². The van der Waals surface area contributed by atoms with Crippen molar-refractivity contribution in [3.05, 3.63) is 60.4 Å². The molecular formula is C28H31FN8. The summed E-state index contributed by atoms with van der Waals surface area (Å²) in [6.07, 6.45) is 16.2. The van der Waals surface area contributed by atoms with Crippen molar-refractivity contribution in [2.24, 2.45) is 10.8 Å². The van der Waals surface area contributed by atoms with E-state index in [1.807, 2.05) is 29.3 Å². The third kappa shape index (κ3) is 3.82. The maximum absolute atomic E-state index is 13.7. The van der Waals surface area contributed by atoms with Gasteiger partial charge in [0, 0.05) is 50.3 Å². The Kier molecular flexibility index (Phi) is 4.46. The van der Waals surface area contributed by atoms with Crippen LogP contribution in [0.5, 0.6) is 0 Å². The zero-order chi connectivity index (χ0) is 24.7. The monoisotopic (exact) mass is 498 g/mol. The number of rotatable bonds is 8. The van der Waals surface area contributed by atoms with Crippen LogP contribution in [-0.2, 0) is 13.1 Å². The smallest absolute Gasteiger partial charge is 0.137 e. The van der Waals surface area contributed by atoms with Crippen LogP contribution in [0.2, 0.25) is 0 Å². The first-order valence-electron chi connectivity index (χ1n) is 13.4. The van der Waals surface area contributed by atoms with Crippen molar-refractivity contribution in [3.63, 3.8) is 0 Å². The minimum atomic E-state index is -0.827. The molecule has 0 aromatic carbocycles. The number of imidazole rings is 1. The van der Waals surface area contributed by atoms with Crippen molar-refractivity contribution >= 4 is 11.3 Å². The van der Waals surface area contributed by atoms with Gasteiger partial charge in [0.05, 0.1) is 30.3 Å². The first kappa shape index (κ1) is 21.7. The van der Waals surface area contributed by atoms with Gasteiger partial charge in [-0.15, -0.1) is 5.10 Å². The standard InChI is InChI=1S/C28H31FN8/c29-28-15-27(16-28,17-28)18-31-8-20-1-2-25-32-22(12-36(25)11-20)13-37-14-24(33-34-37)21-7-23(10-30-9-21)35-6-5-26(19-35)3-4-26/h1-2,7,9-12,14,31H,3-6,8,13,15-19H2. The summed E-state index contributed by atoms with van der Waals surface area (Å²) in [5.74, 6) is 0. The van der Waals surface area contributed by atoms with Gasteiger partial charge in [-0.25, -0.2) is 14.1 Å². The maximum atomic E-state index is 13.7. The van der Waals surface area contributed by atoms with Crippen LogP contribution in [0, 0.1) is 10.8 Å². The van der Waals surface area contributed by atoms with Crippen LogP contribution < -0.4 is 10.2 Å². The summed E-state index contributed by atoms with van der Waals surface area (Å²) >= 11 is 0. The lowest BCUT2D eigenvalue weighted by molar-refractivity contribution is -0.209. The third-order valence-electron chi connectivity index (χ3n) is 9.11. The summed E-state index contributed by atoms with van der Waals surface area (Å²) in [5.41, 5.74) is 6.02. The minimum Gasteiger partial charge on any atom is -0.370 e. The zero-order valence-electron chi connectivity index (χ0n) is 20.9. The van der Waals surface area contributed by atoms with Gasteiger partial charge in [-0.1, -0.05) is 11.3 Å². The molecule has 4 aromatic heterocycles. The van der Waals surface area contributed by atoms with Gasteiger partial charge in [0.2, 0.25) is 0 Å². The van der Waals surface area contributed by atoms with Gasteiger partial charge in [0.15, 0.2) is 0 Å². The van der Waals surface area contributed by atoms with Gasteiger partial charge in [0.25, 0.3) is 0 Å². The number of nitrogens with one attached hydrogen (secondary N) is 1. The highest BCUT2D eigenvalue weighted by molar-refractivity contribution is 5.63.